The van der Waals surface area contributed by atoms with Crippen LogP contribution in [-0.4, -0.2) is 26.4 Å². The summed E-state index contributed by atoms with van der Waals surface area (Å²) in [6.45, 7) is 12.3. The standard InChI is InChI=1S/C24H28N4O2S/c1-6-12-28-23(19(5)30-20-9-7-8-16(2)13-20)26-27-24(28)31-15-22(29)25-21-14-17(3)10-11-18(21)4/h6-11,13-14,19H,1,12,15H2,2-5H3,(H,25,29). The van der Waals surface area contributed by atoms with Gasteiger partial charge < -0.3 is 10.1 Å². The molecule has 31 heavy (non-hydrogen) atoms. The van der Waals surface area contributed by atoms with Crippen LogP contribution in [0.1, 0.15) is 35.5 Å². The summed E-state index contributed by atoms with van der Waals surface area (Å²) in [5, 5.41) is 12.3. The number of nitrogens with one attached hydrogen (secondary N) is 1. The summed E-state index contributed by atoms with van der Waals surface area (Å²) in [6.07, 6.45) is 1.49. The molecule has 0 saturated carbocycles. The van der Waals surface area contributed by atoms with Gasteiger partial charge in [-0.05, 0) is 62.6 Å². The Hall–Kier alpha value is -3.06. The molecule has 1 heterocycles. The zero-order chi connectivity index (χ0) is 22.4. The maximum Gasteiger partial charge on any atom is 0.234 e. The number of benzene rings is 2. The highest BCUT2D eigenvalue weighted by atomic mass is 32.2. The topological polar surface area (TPSA) is 69.0 Å². The van der Waals surface area contributed by atoms with Gasteiger partial charge in [0.2, 0.25) is 5.91 Å². The second-order valence-corrected chi connectivity index (χ2v) is 8.41. The molecule has 2 aromatic carbocycles. The number of amides is 1. The molecule has 3 aromatic rings. The minimum Gasteiger partial charge on any atom is -0.483 e. The van der Waals surface area contributed by atoms with Gasteiger partial charge in [0.25, 0.3) is 0 Å². The van der Waals surface area contributed by atoms with E-state index in [2.05, 4.69) is 22.1 Å². The summed E-state index contributed by atoms with van der Waals surface area (Å²) in [7, 11) is 0. The van der Waals surface area contributed by atoms with Gasteiger partial charge in [-0.15, -0.1) is 16.8 Å². The van der Waals surface area contributed by atoms with Crippen molar-refractivity contribution in [2.75, 3.05) is 11.1 Å². The highest BCUT2D eigenvalue weighted by molar-refractivity contribution is 7.99. The number of anilines is 1. The minimum atomic E-state index is -0.299. The molecule has 7 heteroatoms. The molecule has 0 aliphatic heterocycles. The number of hydrogen-bond acceptors (Lipinski definition) is 5. The predicted octanol–water partition coefficient (Wildman–Crippen LogP) is 5.26. The van der Waals surface area contributed by atoms with Gasteiger partial charge in [-0.25, -0.2) is 0 Å². The molecular weight excluding hydrogens is 408 g/mol. The molecule has 0 radical (unpaired) electrons. The van der Waals surface area contributed by atoms with Gasteiger partial charge in [0.15, 0.2) is 17.1 Å². The van der Waals surface area contributed by atoms with Crippen molar-refractivity contribution in [1.82, 2.24) is 14.8 Å². The fourth-order valence-electron chi connectivity index (χ4n) is 3.14. The Morgan fingerprint density at radius 3 is 2.71 bits per heavy atom. The van der Waals surface area contributed by atoms with Crippen molar-refractivity contribution in [3.8, 4) is 5.75 Å². The lowest BCUT2D eigenvalue weighted by molar-refractivity contribution is -0.113. The third-order valence-corrected chi connectivity index (χ3v) is 5.69. The van der Waals surface area contributed by atoms with Crippen LogP contribution in [0.5, 0.6) is 5.75 Å². The van der Waals surface area contributed by atoms with Crippen LogP contribution in [0.4, 0.5) is 5.69 Å². The van der Waals surface area contributed by atoms with E-state index >= 15 is 0 Å². The quantitative estimate of drug-likeness (QED) is 0.366. The molecule has 1 atom stereocenters. The highest BCUT2D eigenvalue weighted by Gasteiger charge is 2.20. The molecule has 1 N–H and O–H groups in total. The molecule has 1 aromatic heterocycles. The van der Waals surface area contributed by atoms with Crippen LogP contribution in [-0.2, 0) is 11.3 Å². The molecular formula is C24H28N4O2S. The average molecular weight is 437 g/mol. The third-order valence-electron chi connectivity index (χ3n) is 4.72. The molecule has 0 spiro atoms. The lowest BCUT2D eigenvalue weighted by Gasteiger charge is -2.16. The van der Waals surface area contributed by atoms with Gasteiger partial charge in [0.1, 0.15) is 5.75 Å². The van der Waals surface area contributed by atoms with Crippen LogP contribution in [0.3, 0.4) is 0 Å². The van der Waals surface area contributed by atoms with Gasteiger partial charge in [0, 0.05) is 12.2 Å². The van der Waals surface area contributed by atoms with Crippen LogP contribution in [0.15, 0.2) is 60.3 Å². The fourth-order valence-corrected chi connectivity index (χ4v) is 3.90. The van der Waals surface area contributed by atoms with E-state index in [0.29, 0.717) is 17.5 Å². The normalized spacial score (nSPS) is 11.7. The van der Waals surface area contributed by atoms with Crippen molar-refractivity contribution in [2.24, 2.45) is 0 Å². The SMILES string of the molecule is C=CCn1c(SCC(=O)Nc2cc(C)ccc2C)nnc1C(C)Oc1cccc(C)c1. The maximum absolute atomic E-state index is 12.5. The number of ether oxygens (including phenoxy) is 1. The van der Waals surface area contributed by atoms with Crippen LogP contribution in [0, 0.1) is 20.8 Å². The molecule has 1 unspecified atom stereocenters. The number of aryl methyl sites for hydroxylation is 3. The Labute approximate surface area is 187 Å². The van der Waals surface area contributed by atoms with E-state index in [1.165, 1.54) is 11.8 Å². The van der Waals surface area contributed by atoms with Crippen molar-refractivity contribution < 1.29 is 9.53 Å². The molecule has 162 valence electrons. The first kappa shape index (κ1) is 22.6. The monoisotopic (exact) mass is 436 g/mol. The molecule has 0 fully saturated rings. The molecule has 0 saturated heterocycles. The number of aromatic nitrogens is 3. The van der Waals surface area contributed by atoms with E-state index in [0.717, 1.165) is 28.1 Å². The zero-order valence-corrected chi connectivity index (χ0v) is 19.2. The molecule has 0 bridgehead atoms. The minimum absolute atomic E-state index is 0.0857. The average Bonchev–Trinajstić information content (AvgIpc) is 3.12. The number of nitrogens with zero attached hydrogens (tertiary/aromatic N) is 3. The third kappa shape index (κ3) is 5.98. The van der Waals surface area contributed by atoms with Crippen LogP contribution in [0.2, 0.25) is 0 Å². The van der Waals surface area contributed by atoms with E-state index in [1.54, 1.807) is 6.08 Å². The Kier molecular flexibility index (Phi) is 7.52. The van der Waals surface area contributed by atoms with E-state index in [4.69, 9.17) is 4.74 Å². The van der Waals surface area contributed by atoms with E-state index in [-0.39, 0.29) is 17.8 Å². The van der Waals surface area contributed by atoms with Crippen molar-refractivity contribution >= 4 is 23.4 Å². The number of rotatable bonds is 9. The van der Waals surface area contributed by atoms with Gasteiger partial charge in [-0.1, -0.05) is 42.1 Å². The molecule has 3 rings (SSSR count). The Morgan fingerprint density at radius 1 is 1.19 bits per heavy atom. The summed E-state index contributed by atoms with van der Waals surface area (Å²) in [5.74, 6) is 1.62. The van der Waals surface area contributed by atoms with Gasteiger partial charge >= 0.3 is 0 Å². The molecule has 0 aliphatic carbocycles. The lowest BCUT2D eigenvalue weighted by Crippen LogP contribution is -2.16. The fraction of sp³-hybridized carbons (Fsp3) is 0.292. The summed E-state index contributed by atoms with van der Waals surface area (Å²) < 4.78 is 8.00. The number of carbonyl (C=O) groups is 1. The Balaban J connectivity index is 1.68. The maximum atomic E-state index is 12.5. The van der Waals surface area contributed by atoms with Crippen molar-refractivity contribution in [1.29, 1.82) is 0 Å². The largest absolute Gasteiger partial charge is 0.483 e. The van der Waals surface area contributed by atoms with Crippen LogP contribution in [0.25, 0.3) is 0 Å². The second kappa shape index (κ2) is 10.3. The van der Waals surface area contributed by atoms with Crippen LogP contribution >= 0.6 is 11.8 Å². The van der Waals surface area contributed by atoms with Crippen molar-refractivity contribution in [2.45, 2.75) is 45.5 Å². The smallest absolute Gasteiger partial charge is 0.234 e. The zero-order valence-electron chi connectivity index (χ0n) is 18.4. The summed E-state index contributed by atoms with van der Waals surface area (Å²) in [6, 6.07) is 13.9. The molecule has 1 amide bonds. The summed E-state index contributed by atoms with van der Waals surface area (Å²) in [5.41, 5.74) is 4.09. The van der Waals surface area contributed by atoms with E-state index in [1.807, 2.05) is 74.7 Å². The summed E-state index contributed by atoms with van der Waals surface area (Å²) >= 11 is 1.35. The van der Waals surface area contributed by atoms with Gasteiger partial charge in [0.05, 0.1) is 5.75 Å². The number of thioether (sulfide) groups is 1. The second-order valence-electron chi connectivity index (χ2n) is 7.47. The first-order valence-corrected chi connectivity index (χ1v) is 11.1. The number of hydrogen-bond donors (Lipinski definition) is 1. The predicted molar refractivity (Wildman–Crippen MR) is 126 cm³/mol. The van der Waals surface area contributed by atoms with Gasteiger partial charge in [-0.2, -0.15) is 0 Å². The van der Waals surface area contributed by atoms with E-state index in [9.17, 15) is 4.79 Å². The highest BCUT2D eigenvalue weighted by Crippen LogP contribution is 2.25. The number of allylic oxidation sites excluding steroid dienone is 1. The Bertz CT molecular complexity index is 1080. The first-order chi connectivity index (χ1) is 14.9. The lowest BCUT2D eigenvalue weighted by atomic mass is 10.1. The first-order valence-electron chi connectivity index (χ1n) is 10.1. The Morgan fingerprint density at radius 2 is 1.97 bits per heavy atom. The van der Waals surface area contributed by atoms with E-state index < -0.39 is 0 Å². The number of carbonyl (C=O) groups excluding carboxylic acids is 1. The van der Waals surface area contributed by atoms with Crippen molar-refractivity contribution in [3.05, 3.63) is 77.6 Å². The van der Waals surface area contributed by atoms with Gasteiger partial charge in [-0.3, -0.25) is 9.36 Å². The van der Waals surface area contributed by atoms with Crippen LogP contribution < -0.4 is 10.1 Å². The molecule has 0 aliphatic rings. The van der Waals surface area contributed by atoms with Crippen molar-refractivity contribution in [3.63, 3.8) is 0 Å². The molecule has 6 nitrogen and oxygen atoms in total. The summed E-state index contributed by atoms with van der Waals surface area (Å²) in [4.78, 5) is 12.5.